The first-order chi connectivity index (χ1) is 14.0. The molecule has 9 heteroatoms. The fourth-order valence-electron chi connectivity index (χ4n) is 2.75. The van der Waals surface area contributed by atoms with E-state index in [1.54, 1.807) is 6.92 Å². The van der Waals surface area contributed by atoms with Gasteiger partial charge >= 0.3 is 6.09 Å². The van der Waals surface area contributed by atoms with Crippen molar-refractivity contribution < 1.29 is 18.8 Å². The molecule has 2 N–H and O–H groups in total. The molecule has 3 aromatic rings. The lowest BCUT2D eigenvalue weighted by Gasteiger charge is -2.08. The first-order valence-electron chi connectivity index (χ1n) is 9.20. The highest BCUT2D eigenvalue weighted by atomic mass is 32.1. The zero-order valence-corrected chi connectivity index (χ0v) is 17.0. The van der Waals surface area contributed by atoms with Crippen LogP contribution in [0.2, 0.25) is 0 Å². The van der Waals surface area contributed by atoms with Crippen LogP contribution >= 0.6 is 11.3 Å². The third-order valence-corrected chi connectivity index (χ3v) is 4.94. The molecule has 29 heavy (non-hydrogen) atoms. The predicted molar refractivity (Wildman–Crippen MR) is 108 cm³/mol. The number of benzene rings is 1. The Kier molecular flexibility index (Phi) is 6.96. The summed E-state index contributed by atoms with van der Waals surface area (Å²) >= 11 is 1.46. The predicted octanol–water partition coefficient (Wildman–Crippen LogP) is 3.81. The maximum atomic E-state index is 12.4. The van der Waals surface area contributed by atoms with Crippen LogP contribution in [0.4, 0.5) is 4.79 Å². The first kappa shape index (κ1) is 20.5. The molecule has 0 aliphatic carbocycles. The second kappa shape index (κ2) is 9.83. The molecule has 0 saturated heterocycles. The molecule has 0 aliphatic rings. The maximum absolute atomic E-state index is 12.4. The monoisotopic (exact) mass is 414 g/mol. The molecule has 152 valence electrons. The molecule has 2 aromatic heterocycles. The number of nitrogens with zero attached hydrogens (tertiary/aromatic N) is 2. The third kappa shape index (κ3) is 5.64. The van der Waals surface area contributed by atoms with Crippen molar-refractivity contribution in [2.24, 2.45) is 0 Å². The maximum Gasteiger partial charge on any atom is 0.426 e. The molecule has 0 aliphatic heterocycles. The van der Waals surface area contributed by atoms with Crippen LogP contribution in [-0.2, 0) is 11.2 Å². The lowest BCUT2D eigenvalue weighted by atomic mass is 10.1. The van der Waals surface area contributed by atoms with E-state index in [0.29, 0.717) is 17.0 Å². The average molecular weight is 414 g/mol. The second-order valence-corrected chi connectivity index (χ2v) is 7.43. The molecule has 8 nitrogen and oxygen atoms in total. The summed E-state index contributed by atoms with van der Waals surface area (Å²) in [5, 5.41) is 6.46. The van der Waals surface area contributed by atoms with Gasteiger partial charge in [-0.05, 0) is 38.7 Å². The molecule has 0 atom stereocenters. The van der Waals surface area contributed by atoms with Gasteiger partial charge in [0, 0.05) is 5.38 Å². The summed E-state index contributed by atoms with van der Waals surface area (Å²) in [5.74, 6) is -0.134. The summed E-state index contributed by atoms with van der Waals surface area (Å²) in [6.07, 6.45) is 1.82. The van der Waals surface area contributed by atoms with Gasteiger partial charge in [0.15, 0.2) is 5.69 Å². The molecular formula is C20H22N4O4S. The molecule has 0 fully saturated rings. The van der Waals surface area contributed by atoms with Crippen LogP contribution in [0.15, 0.2) is 40.2 Å². The summed E-state index contributed by atoms with van der Waals surface area (Å²) in [4.78, 5) is 28.5. The van der Waals surface area contributed by atoms with Gasteiger partial charge in [-0.2, -0.15) is 0 Å². The number of hydrogen-bond acceptors (Lipinski definition) is 7. The van der Waals surface area contributed by atoms with Crippen LogP contribution < -0.4 is 10.9 Å². The Labute approximate surface area is 172 Å². The van der Waals surface area contributed by atoms with Gasteiger partial charge in [-0.1, -0.05) is 35.5 Å². The number of hydrazine groups is 1. The number of nitrogens with one attached hydrogen (secondary N) is 2. The van der Waals surface area contributed by atoms with Crippen LogP contribution in [0.1, 0.15) is 39.7 Å². The normalized spacial score (nSPS) is 10.6. The fourth-order valence-corrected chi connectivity index (χ4v) is 3.35. The molecule has 0 radical (unpaired) electrons. The molecule has 2 amide bonds. The van der Waals surface area contributed by atoms with Gasteiger partial charge in [0.05, 0.1) is 22.9 Å². The molecule has 3 rings (SSSR count). The number of thiazole rings is 1. The van der Waals surface area contributed by atoms with Gasteiger partial charge in [0.2, 0.25) is 0 Å². The number of rotatable bonds is 7. The lowest BCUT2D eigenvalue weighted by Crippen LogP contribution is -2.42. The number of hydrogen-bond donors (Lipinski definition) is 2. The van der Waals surface area contributed by atoms with E-state index < -0.39 is 12.0 Å². The Hall–Kier alpha value is -3.20. The molecule has 0 bridgehead atoms. The van der Waals surface area contributed by atoms with Crippen molar-refractivity contribution >= 4 is 23.3 Å². The van der Waals surface area contributed by atoms with Crippen LogP contribution in [0.5, 0.6) is 0 Å². The quantitative estimate of drug-likeness (QED) is 0.450. The van der Waals surface area contributed by atoms with Crippen molar-refractivity contribution in [3.05, 3.63) is 57.7 Å². The number of carbonyl (C=O) groups excluding carboxylic acids is 2. The molecule has 0 saturated carbocycles. The van der Waals surface area contributed by atoms with Gasteiger partial charge in [-0.15, -0.1) is 11.3 Å². The van der Waals surface area contributed by atoms with Crippen molar-refractivity contribution in [1.29, 1.82) is 0 Å². The summed E-state index contributed by atoms with van der Waals surface area (Å²) < 4.78 is 10.2. The summed E-state index contributed by atoms with van der Waals surface area (Å²) in [5.41, 5.74) is 6.92. The van der Waals surface area contributed by atoms with E-state index in [2.05, 4.69) is 33.1 Å². The number of amides is 2. The molecule has 0 spiro atoms. The number of unbranched alkanes of at least 4 members (excludes halogenated alkanes) is 1. The minimum atomic E-state index is -0.732. The summed E-state index contributed by atoms with van der Waals surface area (Å²) in [6, 6.07) is 10.1. The first-order valence-corrected chi connectivity index (χ1v) is 10.1. The van der Waals surface area contributed by atoms with E-state index in [9.17, 15) is 9.59 Å². The van der Waals surface area contributed by atoms with Gasteiger partial charge in [0.1, 0.15) is 5.76 Å². The molecule has 0 unspecified atom stereocenters. The van der Waals surface area contributed by atoms with Crippen molar-refractivity contribution in [2.75, 3.05) is 6.61 Å². The second-order valence-electron chi connectivity index (χ2n) is 6.37. The van der Waals surface area contributed by atoms with Crippen molar-refractivity contribution in [3.8, 4) is 11.3 Å². The zero-order chi connectivity index (χ0) is 20.6. The van der Waals surface area contributed by atoms with Gasteiger partial charge < -0.3 is 9.26 Å². The van der Waals surface area contributed by atoms with Gasteiger partial charge in [-0.3, -0.25) is 10.2 Å². The Morgan fingerprint density at radius 2 is 1.93 bits per heavy atom. The Morgan fingerprint density at radius 3 is 2.66 bits per heavy atom. The Bertz CT molecular complexity index is 968. The highest BCUT2D eigenvalue weighted by Gasteiger charge is 2.23. The van der Waals surface area contributed by atoms with Crippen molar-refractivity contribution in [2.45, 2.75) is 33.1 Å². The van der Waals surface area contributed by atoms with E-state index in [1.165, 1.54) is 16.9 Å². The van der Waals surface area contributed by atoms with Gasteiger partial charge in [0.25, 0.3) is 5.91 Å². The Morgan fingerprint density at radius 1 is 1.14 bits per heavy atom. The largest absolute Gasteiger partial charge is 0.448 e. The van der Waals surface area contributed by atoms with E-state index in [-0.39, 0.29) is 12.3 Å². The lowest BCUT2D eigenvalue weighted by molar-refractivity contribution is 0.0900. The summed E-state index contributed by atoms with van der Waals surface area (Å²) in [6.45, 7) is 3.83. The van der Waals surface area contributed by atoms with E-state index in [4.69, 9.17) is 9.26 Å². The molecule has 2 heterocycles. The van der Waals surface area contributed by atoms with E-state index >= 15 is 0 Å². The average Bonchev–Trinajstić information content (AvgIpc) is 3.31. The standard InChI is InChI=1S/C20H22N4O4S/c1-13-17(16-12-29-14(2)21-16)18(24-28-13)19(25)22-23-20(26)27-11-7-6-10-15-8-4-3-5-9-15/h3-5,8-9,12H,6-7,10-11H2,1-2H3,(H,22,25)(H,23,26). The number of ether oxygens (including phenoxy) is 1. The van der Waals surface area contributed by atoms with Gasteiger partial charge in [-0.25, -0.2) is 15.2 Å². The van der Waals surface area contributed by atoms with Crippen LogP contribution in [-0.4, -0.2) is 28.7 Å². The van der Waals surface area contributed by atoms with E-state index in [0.717, 1.165) is 24.3 Å². The minimum Gasteiger partial charge on any atom is -0.448 e. The highest BCUT2D eigenvalue weighted by Crippen LogP contribution is 2.28. The van der Waals surface area contributed by atoms with Crippen molar-refractivity contribution in [1.82, 2.24) is 21.0 Å². The fraction of sp³-hybridized carbons (Fsp3) is 0.300. The SMILES string of the molecule is Cc1nc(-c2c(C(=O)NNC(=O)OCCCCc3ccccc3)noc2C)cs1. The van der Waals surface area contributed by atoms with Crippen LogP contribution in [0.3, 0.4) is 0 Å². The Balaban J connectivity index is 1.42. The van der Waals surface area contributed by atoms with Crippen LogP contribution in [0, 0.1) is 13.8 Å². The smallest absolute Gasteiger partial charge is 0.426 e. The third-order valence-electron chi connectivity index (χ3n) is 4.17. The minimum absolute atomic E-state index is 0.0518. The number of aromatic nitrogens is 2. The van der Waals surface area contributed by atoms with E-state index in [1.807, 2.05) is 30.5 Å². The van der Waals surface area contributed by atoms with Crippen molar-refractivity contribution in [3.63, 3.8) is 0 Å². The topological polar surface area (TPSA) is 106 Å². The van der Waals surface area contributed by atoms with Crippen LogP contribution in [0.25, 0.3) is 11.3 Å². The highest BCUT2D eigenvalue weighted by molar-refractivity contribution is 7.09. The molecular weight excluding hydrogens is 392 g/mol. The zero-order valence-electron chi connectivity index (χ0n) is 16.2. The summed E-state index contributed by atoms with van der Waals surface area (Å²) in [7, 11) is 0. The number of carbonyl (C=O) groups is 2. The molecule has 1 aromatic carbocycles. The number of aryl methyl sites for hydroxylation is 3.